The third-order valence-electron chi connectivity index (χ3n) is 3.43. The Kier molecular flexibility index (Phi) is 4.88. The number of para-hydroxylation sites is 1. The van der Waals surface area contributed by atoms with Gasteiger partial charge in [0, 0.05) is 23.2 Å². The average Bonchev–Trinajstić information content (AvgIpc) is 2.55. The van der Waals surface area contributed by atoms with Gasteiger partial charge in [-0.3, -0.25) is 0 Å². The molecule has 3 rings (SSSR count). The van der Waals surface area contributed by atoms with E-state index in [1.165, 1.54) is 18.2 Å². The molecule has 26 heavy (non-hydrogen) atoms. The summed E-state index contributed by atoms with van der Waals surface area (Å²) in [4.78, 5) is 11.4. The molecule has 0 amide bonds. The van der Waals surface area contributed by atoms with Gasteiger partial charge in [0.2, 0.25) is 0 Å². The zero-order chi connectivity index (χ0) is 18.9. The van der Waals surface area contributed by atoms with E-state index in [-0.39, 0.29) is 16.1 Å². The van der Waals surface area contributed by atoms with E-state index in [1.807, 2.05) is 0 Å². The molecule has 0 aliphatic heterocycles. The van der Waals surface area contributed by atoms with Crippen molar-refractivity contribution in [3.05, 3.63) is 69.5 Å². The van der Waals surface area contributed by atoms with Gasteiger partial charge in [0.1, 0.15) is 5.58 Å². The molecule has 1 heterocycles. The summed E-state index contributed by atoms with van der Waals surface area (Å²) in [6, 6.07) is 11.2. The fourth-order valence-corrected chi connectivity index (χ4v) is 2.73. The maximum absolute atomic E-state index is 13.0. The van der Waals surface area contributed by atoms with Crippen molar-refractivity contribution in [2.45, 2.75) is 6.18 Å². The molecule has 2 aromatic carbocycles. The molecular formula is C17H10ClF3N2O2S. The summed E-state index contributed by atoms with van der Waals surface area (Å²) < 4.78 is 44.0. The van der Waals surface area contributed by atoms with Crippen molar-refractivity contribution < 1.29 is 17.6 Å². The van der Waals surface area contributed by atoms with Crippen molar-refractivity contribution in [2.75, 3.05) is 10.6 Å². The lowest BCUT2D eigenvalue weighted by atomic mass is 10.1. The molecule has 9 heteroatoms. The van der Waals surface area contributed by atoms with Crippen LogP contribution in [0.1, 0.15) is 5.56 Å². The number of thiocarbonyl (C=S) groups is 1. The number of benzene rings is 2. The molecule has 4 nitrogen and oxygen atoms in total. The van der Waals surface area contributed by atoms with Gasteiger partial charge >= 0.3 is 11.8 Å². The van der Waals surface area contributed by atoms with Gasteiger partial charge < -0.3 is 15.1 Å². The van der Waals surface area contributed by atoms with E-state index in [2.05, 4.69) is 10.6 Å². The van der Waals surface area contributed by atoms with Gasteiger partial charge in [-0.25, -0.2) is 4.79 Å². The first-order valence-corrected chi connectivity index (χ1v) is 8.00. The average molecular weight is 399 g/mol. The second-order valence-corrected chi connectivity index (χ2v) is 6.06. The van der Waals surface area contributed by atoms with Crippen molar-refractivity contribution >= 4 is 51.3 Å². The first-order valence-electron chi connectivity index (χ1n) is 7.22. The highest BCUT2D eigenvalue weighted by atomic mass is 35.5. The van der Waals surface area contributed by atoms with Crippen molar-refractivity contribution in [2.24, 2.45) is 0 Å². The quantitative estimate of drug-likeness (QED) is 0.454. The van der Waals surface area contributed by atoms with Crippen LogP contribution in [0.3, 0.4) is 0 Å². The number of hydrogen-bond acceptors (Lipinski definition) is 3. The molecule has 0 bridgehead atoms. The highest BCUT2D eigenvalue weighted by Crippen LogP contribution is 2.34. The number of alkyl halides is 3. The lowest BCUT2D eigenvalue weighted by Gasteiger charge is -2.13. The summed E-state index contributed by atoms with van der Waals surface area (Å²) in [5, 5.41) is 6.09. The molecule has 0 saturated heterocycles. The summed E-state index contributed by atoms with van der Waals surface area (Å²) in [6.45, 7) is 0. The molecular weight excluding hydrogens is 389 g/mol. The lowest BCUT2D eigenvalue weighted by Crippen LogP contribution is -2.19. The summed E-state index contributed by atoms with van der Waals surface area (Å²) in [7, 11) is 0. The van der Waals surface area contributed by atoms with Gasteiger partial charge in [-0.2, -0.15) is 13.2 Å². The number of rotatable bonds is 2. The summed E-state index contributed by atoms with van der Waals surface area (Å²) >= 11 is 11.2. The van der Waals surface area contributed by atoms with Crippen LogP contribution in [0.5, 0.6) is 0 Å². The molecule has 0 saturated carbocycles. The molecule has 134 valence electrons. The zero-order valence-electron chi connectivity index (χ0n) is 12.9. The van der Waals surface area contributed by atoms with E-state index in [0.717, 1.165) is 0 Å². The molecule has 0 atom stereocenters. The second kappa shape index (κ2) is 6.97. The fraction of sp³-hybridized carbons (Fsp3) is 0.0588. The highest BCUT2D eigenvalue weighted by molar-refractivity contribution is 7.80. The van der Waals surface area contributed by atoms with Gasteiger partial charge in [-0.05, 0) is 36.5 Å². The number of nitrogens with one attached hydrogen (secondary N) is 2. The number of anilines is 2. The molecule has 3 aromatic rings. The molecule has 1 aromatic heterocycles. The molecule has 0 radical (unpaired) electrons. The Bertz CT molecular complexity index is 1050. The predicted octanol–water partition coefficient (Wildman–Crippen LogP) is 5.27. The van der Waals surface area contributed by atoms with E-state index < -0.39 is 17.4 Å². The Balaban J connectivity index is 1.89. The van der Waals surface area contributed by atoms with Crippen molar-refractivity contribution in [3.63, 3.8) is 0 Å². The molecule has 2 N–H and O–H groups in total. The number of halogens is 4. The Morgan fingerprint density at radius 3 is 2.50 bits per heavy atom. The Hall–Kier alpha value is -2.58. The lowest BCUT2D eigenvalue weighted by molar-refractivity contribution is -0.136. The Labute approximate surface area is 155 Å². The zero-order valence-corrected chi connectivity index (χ0v) is 14.4. The Morgan fingerprint density at radius 2 is 1.81 bits per heavy atom. The predicted molar refractivity (Wildman–Crippen MR) is 98.8 cm³/mol. The largest absolute Gasteiger partial charge is 0.423 e. The van der Waals surface area contributed by atoms with Gasteiger partial charge in [0.05, 0.1) is 16.3 Å². The standard InChI is InChI=1S/C17H10ClF3N2O2S/c18-12-3-1-2-4-13(12)23-16(26)22-9-5-6-10-11(17(19,20)21)8-15(24)25-14(10)7-9/h1-8H,(H2,22,23,26). The van der Waals surface area contributed by atoms with Crippen LogP contribution >= 0.6 is 23.8 Å². The number of hydrogen-bond donors (Lipinski definition) is 2. The second-order valence-electron chi connectivity index (χ2n) is 5.25. The van der Waals surface area contributed by atoms with Gasteiger partial charge in [-0.1, -0.05) is 23.7 Å². The normalized spacial score (nSPS) is 11.4. The van der Waals surface area contributed by atoms with E-state index in [9.17, 15) is 18.0 Å². The minimum Gasteiger partial charge on any atom is -0.423 e. The first-order chi connectivity index (χ1) is 12.2. The molecule has 0 unspecified atom stereocenters. The first kappa shape index (κ1) is 18.2. The third-order valence-corrected chi connectivity index (χ3v) is 3.96. The minimum absolute atomic E-state index is 0.173. The third kappa shape index (κ3) is 3.97. The maximum atomic E-state index is 13.0. The van der Waals surface area contributed by atoms with Crippen LogP contribution in [0.25, 0.3) is 11.0 Å². The molecule has 0 fully saturated rings. The van der Waals surface area contributed by atoms with Crippen LogP contribution in [0.2, 0.25) is 5.02 Å². The van der Waals surface area contributed by atoms with E-state index >= 15 is 0 Å². The van der Waals surface area contributed by atoms with E-state index in [4.69, 9.17) is 28.2 Å². The van der Waals surface area contributed by atoms with Crippen LogP contribution < -0.4 is 16.3 Å². The summed E-state index contributed by atoms with van der Waals surface area (Å²) in [5.74, 6) is 0. The maximum Gasteiger partial charge on any atom is 0.417 e. The van der Waals surface area contributed by atoms with Crippen LogP contribution in [0.4, 0.5) is 24.5 Å². The molecule has 0 aliphatic carbocycles. The SMILES string of the molecule is O=c1cc(C(F)(F)F)c2ccc(NC(=S)Nc3ccccc3Cl)cc2o1. The van der Waals surface area contributed by atoms with Gasteiger partial charge in [0.25, 0.3) is 0 Å². The summed E-state index contributed by atoms with van der Waals surface area (Å²) in [6.07, 6.45) is -4.66. The summed E-state index contributed by atoms with van der Waals surface area (Å²) in [5.41, 5.74) is -1.41. The van der Waals surface area contributed by atoms with Crippen molar-refractivity contribution in [3.8, 4) is 0 Å². The van der Waals surface area contributed by atoms with E-state index in [1.54, 1.807) is 24.3 Å². The number of fused-ring (bicyclic) bond motifs is 1. The highest BCUT2D eigenvalue weighted by Gasteiger charge is 2.33. The fourth-order valence-electron chi connectivity index (χ4n) is 2.32. The van der Waals surface area contributed by atoms with Crippen LogP contribution in [-0.4, -0.2) is 5.11 Å². The molecule has 0 aliphatic rings. The van der Waals surface area contributed by atoms with Gasteiger partial charge in [-0.15, -0.1) is 0 Å². The van der Waals surface area contributed by atoms with E-state index in [0.29, 0.717) is 22.5 Å². The van der Waals surface area contributed by atoms with Crippen LogP contribution in [0, 0.1) is 0 Å². The van der Waals surface area contributed by atoms with Crippen LogP contribution in [-0.2, 0) is 6.18 Å². The van der Waals surface area contributed by atoms with Gasteiger partial charge in [0.15, 0.2) is 5.11 Å². The minimum atomic E-state index is -4.66. The topological polar surface area (TPSA) is 54.3 Å². The molecule has 0 spiro atoms. The van der Waals surface area contributed by atoms with Crippen molar-refractivity contribution in [1.82, 2.24) is 0 Å². The smallest absolute Gasteiger partial charge is 0.417 e. The van der Waals surface area contributed by atoms with Crippen LogP contribution in [0.15, 0.2) is 57.7 Å². The monoisotopic (exact) mass is 398 g/mol. The van der Waals surface area contributed by atoms with Crippen molar-refractivity contribution in [1.29, 1.82) is 0 Å². The Morgan fingerprint density at radius 1 is 1.08 bits per heavy atom.